The smallest absolute Gasteiger partial charge is 0.317 e. The van der Waals surface area contributed by atoms with Crippen molar-refractivity contribution < 1.29 is 14.3 Å². The third-order valence-electron chi connectivity index (χ3n) is 5.47. The summed E-state index contributed by atoms with van der Waals surface area (Å²) in [5.41, 5.74) is 0. The monoisotopic (exact) mass is 323 g/mol. The molecule has 3 fully saturated rings. The Bertz CT molecular complexity index is 448. The second-order valence-corrected chi connectivity index (χ2v) is 7.47. The number of morpholine rings is 1. The first-order chi connectivity index (χ1) is 11.0. The minimum atomic E-state index is -0.149. The van der Waals surface area contributed by atoms with E-state index < -0.39 is 0 Å². The molecule has 2 aliphatic heterocycles. The van der Waals surface area contributed by atoms with E-state index in [2.05, 4.69) is 5.32 Å². The summed E-state index contributed by atoms with van der Waals surface area (Å²) in [4.78, 5) is 28.1. The van der Waals surface area contributed by atoms with Crippen LogP contribution in [0.15, 0.2) is 0 Å². The lowest BCUT2D eigenvalue weighted by molar-refractivity contribution is -0.135. The number of nitrogens with zero attached hydrogens (tertiary/aromatic N) is 2. The molecule has 0 aromatic rings. The van der Waals surface area contributed by atoms with E-state index in [9.17, 15) is 9.59 Å². The van der Waals surface area contributed by atoms with Gasteiger partial charge in [-0.15, -0.1) is 0 Å². The molecule has 2 heterocycles. The maximum absolute atomic E-state index is 12.4. The average Bonchev–Trinajstić information content (AvgIpc) is 2.86. The molecule has 1 saturated carbocycles. The van der Waals surface area contributed by atoms with E-state index in [0.29, 0.717) is 19.0 Å². The highest BCUT2D eigenvalue weighted by Crippen LogP contribution is 2.33. The molecule has 3 atom stereocenters. The first-order valence-corrected chi connectivity index (χ1v) is 8.94. The van der Waals surface area contributed by atoms with Gasteiger partial charge in [-0.1, -0.05) is 19.3 Å². The summed E-state index contributed by atoms with van der Waals surface area (Å²) >= 11 is 0. The first kappa shape index (κ1) is 16.6. The summed E-state index contributed by atoms with van der Waals surface area (Å²) in [5, 5.41) is 3.09. The lowest BCUT2D eigenvalue weighted by atomic mass is 9.89. The Balaban J connectivity index is 1.50. The van der Waals surface area contributed by atoms with Crippen molar-refractivity contribution in [3.8, 4) is 0 Å². The zero-order valence-corrected chi connectivity index (χ0v) is 14.3. The van der Waals surface area contributed by atoms with Gasteiger partial charge in [0.15, 0.2) is 0 Å². The van der Waals surface area contributed by atoms with Crippen LogP contribution in [-0.2, 0) is 9.53 Å². The minimum absolute atomic E-state index is 0.00285. The maximum atomic E-state index is 12.4. The predicted octanol–water partition coefficient (Wildman–Crippen LogP) is 1.45. The maximum Gasteiger partial charge on any atom is 0.317 e. The van der Waals surface area contributed by atoms with Gasteiger partial charge in [-0.3, -0.25) is 4.79 Å². The largest absolute Gasteiger partial charge is 0.370 e. The third-order valence-corrected chi connectivity index (χ3v) is 5.47. The van der Waals surface area contributed by atoms with Crippen molar-refractivity contribution in [2.45, 2.75) is 50.7 Å². The Morgan fingerprint density at radius 3 is 2.61 bits per heavy atom. The second kappa shape index (κ2) is 7.07. The van der Waals surface area contributed by atoms with Gasteiger partial charge in [0.05, 0.1) is 18.1 Å². The number of carbonyl (C=O) groups excluding carboxylic acids is 2. The molecule has 0 spiro atoms. The molecule has 3 amide bonds. The first-order valence-electron chi connectivity index (χ1n) is 8.94. The summed E-state index contributed by atoms with van der Waals surface area (Å²) in [6.45, 7) is 1.91. The summed E-state index contributed by atoms with van der Waals surface area (Å²) in [5.74, 6) is 0.640. The number of fused-ring (bicyclic) bond motifs is 2. The van der Waals surface area contributed by atoms with Crippen LogP contribution in [0.5, 0.6) is 0 Å². The number of likely N-dealkylation sites (tertiary alicyclic amines) is 1. The topological polar surface area (TPSA) is 61.9 Å². The second-order valence-electron chi connectivity index (χ2n) is 7.47. The summed E-state index contributed by atoms with van der Waals surface area (Å²) in [7, 11) is 3.55. The Kier molecular flexibility index (Phi) is 5.09. The van der Waals surface area contributed by atoms with Crippen LogP contribution in [-0.4, -0.2) is 67.7 Å². The number of urea groups is 1. The van der Waals surface area contributed by atoms with Crippen LogP contribution in [0.2, 0.25) is 0 Å². The molecule has 1 aliphatic carbocycles. The molecule has 130 valence electrons. The Morgan fingerprint density at radius 1 is 1.17 bits per heavy atom. The fourth-order valence-corrected chi connectivity index (χ4v) is 4.15. The predicted molar refractivity (Wildman–Crippen MR) is 87.0 cm³/mol. The normalized spacial score (nSPS) is 31.0. The Morgan fingerprint density at radius 2 is 1.91 bits per heavy atom. The van der Waals surface area contributed by atoms with Gasteiger partial charge in [-0.05, 0) is 25.2 Å². The van der Waals surface area contributed by atoms with Crippen LogP contribution in [0.1, 0.15) is 38.5 Å². The van der Waals surface area contributed by atoms with Gasteiger partial charge in [0.2, 0.25) is 5.91 Å². The van der Waals surface area contributed by atoms with E-state index in [1.165, 1.54) is 32.1 Å². The highest BCUT2D eigenvalue weighted by molar-refractivity contribution is 5.80. The van der Waals surface area contributed by atoms with E-state index in [1.807, 2.05) is 4.90 Å². The molecule has 0 unspecified atom stereocenters. The van der Waals surface area contributed by atoms with Crippen LogP contribution in [0, 0.1) is 11.8 Å². The molecule has 3 rings (SSSR count). The van der Waals surface area contributed by atoms with Crippen LogP contribution in [0.4, 0.5) is 4.79 Å². The quantitative estimate of drug-likeness (QED) is 0.855. The number of hydrogen-bond acceptors (Lipinski definition) is 3. The number of hydrogen-bond donors (Lipinski definition) is 1. The molecule has 6 heteroatoms. The van der Waals surface area contributed by atoms with Gasteiger partial charge in [-0.25, -0.2) is 4.79 Å². The summed E-state index contributed by atoms with van der Waals surface area (Å²) in [6, 6.07) is 0.00632. The molecular weight excluding hydrogens is 294 g/mol. The van der Waals surface area contributed by atoms with Gasteiger partial charge < -0.3 is 19.9 Å². The number of amides is 3. The molecule has 0 aromatic carbocycles. The number of ether oxygens (including phenoxy) is 1. The fraction of sp³-hybridized carbons (Fsp3) is 0.882. The number of carbonyl (C=O) groups is 2. The van der Waals surface area contributed by atoms with Gasteiger partial charge in [-0.2, -0.15) is 0 Å². The lowest BCUT2D eigenvalue weighted by Gasteiger charge is -2.33. The number of rotatable bonds is 3. The molecule has 23 heavy (non-hydrogen) atoms. The molecule has 2 bridgehead atoms. The van der Waals surface area contributed by atoms with Gasteiger partial charge >= 0.3 is 6.03 Å². The van der Waals surface area contributed by atoms with Crippen LogP contribution < -0.4 is 5.32 Å². The van der Waals surface area contributed by atoms with Gasteiger partial charge in [0, 0.05) is 33.7 Å². The highest BCUT2D eigenvalue weighted by Gasteiger charge is 2.46. The zero-order valence-electron chi connectivity index (χ0n) is 14.3. The van der Waals surface area contributed by atoms with Crippen molar-refractivity contribution in [2.24, 2.45) is 11.8 Å². The average molecular weight is 323 g/mol. The van der Waals surface area contributed by atoms with E-state index in [0.717, 1.165) is 13.0 Å². The molecule has 3 aliphatic rings. The SMILES string of the molecule is CN(C)C(=O)[C@@H]1C[C@H]2CN(C(=O)NCC3CCCCC3)C[C@@H]1O2. The van der Waals surface area contributed by atoms with E-state index in [4.69, 9.17) is 4.74 Å². The molecule has 2 saturated heterocycles. The molecule has 1 N–H and O–H groups in total. The van der Waals surface area contributed by atoms with E-state index in [1.54, 1.807) is 19.0 Å². The molecule has 6 nitrogen and oxygen atoms in total. The van der Waals surface area contributed by atoms with E-state index in [-0.39, 0.29) is 30.1 Å². The highest BCUT2D eigenvalue weighted by atomic mass is 16.5. The standard InChI is InChI=1S/C17H29N3O3/c1-19(2)16(21)14-8-13-10-20(11-15(14)23-13)17(22)18-9-12-6-4-3-5-7-12/h12-15H,3-11H2,1-2H3,(H,18,22)/t13-,14+,15-/m0/s1. The van der Waals surface area contributed by atoms with Crippen molar-refractivity contribution in [3.63, 3.8) is 0 Å². The zero-order chi connectivity index (χ0) is 16.4. The third kappa shape index (κ3) is 3.79. The fourth-order valence-electron chi connectivity index (χ4n) is 4.15. The van der Waals surface area contributed by atoms with Crippen molar-refractivity contribution in [1.29, 1.82) is 0 Å². The summed E-state index contributed by atoms with van der Waals surface area (Å²) < 4.78 is 5.89. The van der Waals surface area contributed by atoms with Crippen molar-refractivity contribution in [2.75, 3.05) is 33.7 Å². The van der Waals surface area contributed by atoms with Crippen molar-refractivity contribution in [1.82, 2.24) is 15.1 Å². The van der Waals surface area contributed by atoms with Crippen molar-refractivity contribution in [3.05, 3.63) is 0 Å². The van der Waals surface area contributed by atoms with Crippen LogP contribution in [0.3, 0.4) is 0 Å². The lowest BCUT2D eigenvalue weighted by Crippen LogP contribution is -2.51. The molecular formula is C17H29N3O3. The Labute approximate surface area is 138 Å². The van der Waals surface area contributed by atoms with Gasteiger partial charge in [0.25, 0.3) is 0 Å². The summed E-state index contributed by atoms with van der Waals surface area (Å²) in [6.07, 6.45) is 6.95. The van der Waals surface area contributed by atoms with Crippen LogP contribution in [0.25, 0.3) is 0 Å². The number of nitrogens with one attached hydrogen (secondary N) is 1. The van der Waals surface area contributed by atoms with Crippen LogP contribution >= 0.6 is 0 Å². The van der Waals surface area contributed by atoms with Gasteiger partial charge in [0.1, 0.15) is 0 Å². The van der Waals surface area contributed by atoms with E-state index >= 15 is 0 Å². The minimum Gasteiger partial charge on any atom is -0.370 e. The molecule has 0 aromatic heterocycles. The molecule has 0 radical (unpaired) electrons. The van der Waals surface area contributed by atoms with Crippen molar-refractivity contribution >= 4 is 11.9 Å². The Hall–Kier alpha value is -1.30.